The second-order valence-corrected chi connectivity index (χ2v) is 4.60. The van der Waals surface area contributed by atoms with Crippen LogP contribution in [-0.4, -0.2) is 6.54 Å². The summed E-state index contributed by atoms with van der Waals surface area (Å²) in [7, 11) is 0. The third-order valence-electron chi connectivity index (χ3n) is 3.17. The van der Waals surface area contributed by atoms with Gasteiger partial charge < -0.3 is 5.73 Å². The van der Waals surface area contributed by atoms with E-state index in [1.54, 1.807) is 0 Å². The maximum Gasteiger partial charge on any atom is 0.123 e. The first-order chi connectivity index (χ1) is 8.70. The molecule has 2 aromatic rings. The standard InChI is InChI=1S/C16H18FN/c1-12-3-2-4-14(11-12)16(9-10-18)13-5-7-15(17)8-6-13/h2-8,11,16H,9-10,18H2,1H3. The zero-order valence-corrected chi connectivity index (χ0v) is 10.6. The van der Waals surface area contributed by atoms with Gasteiger partial charge in [-0.1, -0.05) is 42.0 Å². The van der Waals surface area contributed by atoms with E-state index in [1.165, 1.54) is 23.3 Å². The maximum absolute atomic E-state index is 13.0. The fourth-order valence-corrected chi connectivity index (χ4v) is 2.27. The lowest BCUT2D eigenvalue weighted by molar-refractivity contribution is 0.625. The molecule has 0 fully saturated rings. The van der Waals surface area contributed by atoms with Crippen molar-refractivity contribution in [3.05, 3.63) is 71.0 Å². The maximum atomic E-state index is 13.0. The Morgan fingerprint density at radius 1 is 1.06 bits per heavy atom. The van der Waals surface area contributed by atoms with Crippen LogP contribution in [0.2, 0.25) is 0 Å². The summed E-state index contributed by atoms with van der Waals surface area (Å²) in [5.74, 6) is 0.0463. The summed E-state index contributed by atoms with van der Waals surface area (Å²) in [5, 5.41) is 0. The Morgan fingerprint density at radius 2 is 1.78 bits per heavy atom. The molecule has 0 saturated carbocycles. The lowest BCUT2D eigenvalue weighted by Crippen LogP contribution is -2.09. The van der Waals surface area contributed by atoms with Crippen LogP contribution >= 0.6 is 0 Å². The largest absolute Gasteiger partial charge is 0.330 e. The van der Waals surface area contributed by atoms with Crippen LogP contribution in [0.4, 0.5) is 4.39 Å². The molecule has 2 rings (SSSR count). The summed E-state index contributed by atoms with van der Waals surface area (Å²) in [4.78, 5) is 0. The zero-order chi connectivity index (χ0) is 13.0. The topological polar surface area (TPSA) is 26.0 Å². The van der Waals surface area contributed by atoms with Gasteiger partial charge in [0.05, 0.1) is 0 Å². The van der Waals surface area contributed by atoms with Gasteiger partial charge in [-0.3, -0.25) is 0 Å². The van der Waals surface area contributed by atoms with Crippen molar-refractivity contribution in [2.45, 2.75) is 19.3 Å². The molecule has 1 nitrogen and oxygen atoms in total. The van der Waals surface area contributed by atoms with Gasteiger partial charge in [-0.15, -0.1) is 0 Å². The first kappa shape index (κ1) is 12.8. The molecule has 0 aliphatic heterocycles. The molecule has 0 heterocycles. The zero-order valence-electron chi connectivity index (χ0n) is 10.6. The van der Waals surface area contributed by atoms with Crippen molar-refractivity contribution in [2.24, 2.45) is 5.73 Å². The molecule has 0 aromatic heterocycles. The van der Waals surface area contributed by atoms with Gasteiger partial charge in [-0.25, -0.2) is 4.39 Å². The molecule has 0 amide bonds. The Labute approximate surface area is 107 Å². The lowest BCUT2D eigenvalue weighted by Gasteiger charge is -2.17. The van der Waals surface area contributed by atoms with Crippen molar-refractivity contribution in [1.82, 2.24) is 0 Å². The molecule has 1 atom stereocenters. The molecular weight excluding hydrogens is 225 g/mol. The minimum Gasteiger partial charge on any atom is -0.330 e. The number of aryl methyl sites for hydroxylation is 1. The number of benzene rings is 2. The number of hydrogen-bond acceptors (Lipinski definition) is 1. The van der Waals surface area contributed by atoms with Crippen molar-refractivity contribution in [2.75, 3.05) is 6.54 Å². The van der Waals surface area contributed by atoms with Gasteiger partial charge >= 0.3 is 0 Å². The van der Waals surface area contributed by atoms with E-state index in [2.05, 4.69) is 31.2 Å². The smallest absolute Gasteiger partial charge is 0.123 e. The highest BCUT2D eigenvalue weighted by Crippen LogP contribution is 2.28. The second-order valence-electron chi connectivity index (χ2n) is 4.60. The van der Waals surface area contributed by atoms with Crippen LogP contribution in [0.1, 0.15) is 29.0 Å². The van der Waals surface area contributed by atoms with Gasteiger partial charge in [0.15, 0.2) is 0 Å². The monoisotopic (exact) mass is 243 g/mol. The van der Waals surface area contributed by atoms with Crippen molar-refractivity contribution in [3.63, 3.8) is 0 Å². The molecule has 0 saturated heterocycles. The summed E-state index contributed by atoms with van der Waals surface area (Å²) in [6, 6.07) is 15.1. The highest BCUT2D eigenvalue weighted by atomic mass is 19.1. The number of halogens is 1. The quantitative estimate of drug-likeness (QED) is 0.872. The van der Waals surface area contributed by atoms with Gasteiger partial charge in [-0.2, -0.15) is 0 Å². The van der Waals surface area contributed by atoms with E-state index in [1.807, 2.05) is 12.1 Å². The molecule has 0 aliphatic carbocycles. The number of rotatable bonds is 4. The summed E-state index contributed by atoms with van der Waals surface area (Å²) < 4.78 is 13.0. The van der Waals surface area contributed by atoms with Gasteiger partial charge in [-0.05, 0) is 43.1 Å². The van der Waals surface area contributed by atoms with E-state index in [9.17, 15) is 4.39 Å². The fraction of sp³-hybridized carbons (Fsp3) is 0.250. The molecule has 0 bridgehead atoms. The molecule has 0 radical (unpaired) electrons. The van der Waals surface area contributed by atoms with E-state index < -0.39 is 0 Å². The highest BCUT2D eigenvalue weighted by molar-refractivity contribution is 5.34. The van der Waals surface area contributed by atoms with Crippen LogP contribution in [-0.2, 0) is 0 Å². The Hall–Kier alpha value is -1.67. The summed E-state index contributed by atoms with van der Waals surface area (Å²) in [6.45, 7) is 2.70. The average Bonchev–Trinajstić information content (AvgIpc) is 2.37. The summed E-state index contributed by atoms with van der Waals surface area (Å²) in [6.07, 6.45) is 0.870. The number of hydrogen-bond donors (Lipinski definition) is 1. The molecule has 2 aromatic carbocycles. The first-order valence-electron chi connectivity index (χ1n) is 6.23. The van der Waals surface area contributed by atoms with Crippen molar-refractivity contribution in [3.8, 4) is 0 Å². The van der Waals surface area contributed by atoms with Gasteiger partial charge in [0.2, 0.25) is 0 Å². The lowest BCUT2D eigenvalue weighted by atomic mass is 9.88. The SMILES string of the molecule is Cc1cccc(C(CCN)c2ccc(F)cc2)c1. The van der Waals surface area contributed by atoms with E-state index in [4.69, 9.17) is 5.73 Å². The molecule has 2 N–H and O–H groups in total. The van der Waals surface area contributed by atoms with E-state index in [-0.39, 0.29) is 11.7 Å². The van der Waals surface area contributed by atoms with Crippen LogP contribution in [0.5, 0.6) is 0 Å². The Bertz CT molecular complexity index is 505. The first-order valence-corrected chi connectivity index (χ1v) is 6.23. The average molecular weight is 243 g/mol. The summed E-state index contributed by atoms with van der Waals surface area (Å²) >= 11 is 0. The van der Waals surface area contributed by atoms with Crippen molar-refractivity contribution < 1.29 is 4.39 Å². The molecule has 0 spiro atoms. The van der Waals surface area contributed by atoms with Crippen LogP contribution in [0.3, 0.4) is 0 Å². The minimum atomic E-state index is -0.200. The fourth-order valence-electron chi connectivity index (χ4n) is 2.27. The molecule has 2 heteroatoms. The van der Waals surface area contributed by atoms with Crippen LogP contribution in [0.15, 0.2) is 48.5 Å². The van der Waals surface area contributed by atoms with E-state index >= 15 is 0 Å². The third kappa shape index (κ3) is 2.96. The number of nitrogens with two attached hydrogens (primary N) is 1. The molecule has 1 unspecified atom stereocenters. The van der Waals surface area contributed by atoms with Gasteiger partial charge in [0.25, 0.3) is 0 Å². The third-order valence-corrected chi connectivity index (χ3v) is 3.17. The molecule has 0 aliphatic rings. The normalized spacial score (nSPS) is 12.4. The highest BCUT2D eigenvalue weighted by Gasteiger charge is 2.13. The van der Waals surface area contributed by atoms with Crippen LogP contribution < -0.4 is 5.73 Å². The molecular formula is C16H18FN. The summed E-state index contributed by atoms with van der Waals surface area (Å²) in [5.41, 5.74) is 9.29. The molecule has 94 valence electrons. The van der Waals surface area contributed by atoms with Gasteiger partial charge in [0, 0.05) is 5.92 Å². The Balaban J connectivity index is 2.36. The second kappa shape index (κ2) is 5.78. The van der Waals surface area contributed by atoms with E-state index in [0.29, 0.717) is 6.54 Å². The Morgan fingerprint density at radius 3 is 2.39 bits per heavy atom. The minimum absolute atomic E-state index is 0.200. The Kier molecular flexibility index (Phi) is 4.11. The van der Waals surface area contributed by atoms with Gasteiger partial charge in [0.1, 0.15) is 5.82 Å². The van der Waals surface area contributed by atoms with Crippen molar-refractivity contribution in [1.29, 1.82) is 0 Å². The predicted octanol–water partition coefficient (Wildman–Crippen LogP) is 3.61. The predicted molar refractivity (Wildman–Crippen MR) is 73.1 cm³/mol. The molecule has 18 heavy (non-hydrogen) atoms. The van der Waals surface area contributed by atoms with Crippen LogP contribution in [0.25, 0.3) is 0 Å². The van der Waals surface area contributed by atoms with Crippen molar-refractivity contribution >= 4 is 0 Å². The van der Waals surface area contributed by atoms with E-state index in [0.717, 1.165) is 12.0 Å². The van der Waals surface area contributed by atoms with Crippen LogP contribution in [0, 0.1) is 12.7 Å².